The fraction of sp³-hybridized carbons (Fsp3) is 0.960. The van der Waals surface area contributed by atoms with Gasteiger partial charge in [0.2, 0.25) is 0 Å². The summed E-state index contributed by atoms with van der Waals surface area (Å²) in [6.45, 7) is 10.3. The Morgan fingerprint density at radius 3 is 0.754 bits per heavy atom. The number of unbranched alkanes of at least 4 members (excludes halogenated alkanes) is 32. The zero-order valence-corrected chi connectivity index (χ0v) is 43.8. The predicted molar refractivity (Wildman–Crippen MR) is 263 cm³/mol. The first-order chi connectivity index (χ1) is 28.0. The van der Waals surface area contributed by atoms with Crippen LogP contribution in [0.5, 0.6) is 0 Å². The molecule has 0 aromatic rings. The molecule has 0 amide bonds. The SMILES string of the molecule is CCCCCCCCCCCCCCCCCCOC(=O)CCS.CCCCCCCCCCCCCCCCCCOC(=O)CCS.CCC[CH2][Sn][CH2]CCC. The topological polar surface area (TPSA) is 52.6 Å². The molecule has 4 nitrogen and oxygen atoms in total. The summed E-state index contributed by atoms with van der Waals surface area (Å²) in [5, 5.41) is 0. The first-order valence-electron chi connectivity index (χ1n) is 25.3. The maximum atomic E-state index is 11.1. The molecule has 0 saturated heterocycles. The zero-order valence-electron chi connectivity index (χ0n) is 39.1. The van der Waals surface area contributed by atoms with E-state index in [4.69, 9.17) is 9.47 Å². The van der Waals surface area contributed by atoms with Crippen molar-refractivity contribution in [3.05, 3.63) is 0 Å². The van der Waals surface area contributed by atoms with Crippen molar-refractivity contribution in [1.82, 2.24) is 0 Å². The number of hydrogen-bond acceptors (Lipinski definition) is 6. The molecular formula is C50H102O4S2Sn. The Morgan fingerprint density at radius 2 is 0.544 bits per heavy atom. The average molecular weight is 950 g/mol. The van der Waals surface area contributed by atoms with Crippen LogP contribution in [0, 0.1) is 0 Å². The van der Waals surface area contributed by atoms with Crippen molar-refractivity contribution in [3.8, 4) is 0 Å². The Balaban J connectivity index is -0.000000843. The second-order valence-electron chi connectivity index (χ2n) is 16.5. The summed E-state index contributed by atoms with van der Waals surface area (Å²) in [6.07, 6.45) is 50.4. The summed E-state index contributed by atoms with van der Waals surface area (Å²) in [6, 6.07) is 0. The molecular weight excluding hydrogens is 847 g/mol. The van der Waals surface area contributed by atoms with Crippen molar-refractivity contribution in [2.24, 2.45) is 0 Å². The Morgan fingerprint density at radius 1 is 0.333 bits per heavy atom. The van der Waals surface area contributed by atoms with Crippen LogP contribution in [0.25, 0.3) is 0 Å². The Kier molecular flexibility index (Phi) is 65.8. The molecule has 0 N–H and O–H groups in total. The molecule has 0 aromatic heterocycles. The van der Waals surface area contributed by atoms with Crippen molar-refractivity contribution in [3.63, 3.8) is 0 Å². The summed E-state index contributed by atoms with van der Waals surface area (Å²) in [4.78, 5) is 22.3. The van der Waals surface area contributed by atoms with E-state index in [9.17, 15) is 9.59 Å². The summed E-state index contributed by atoms with van der Waals surface area (Å²) in [7, 11) is 0. The molecule has 0 aromatic carbocycles. The van der Waals surface area contributed by atoms with Crippen molar-refractivity contribution < 1.29 is 19.1 Å². The van der Waals surface area contributed by atoms with Crippen LogP contribution in [0.15, 0.2) is 0 Å². The van der Waals surface area contributed by atoms with Gasteiger partial charge in [0.25, 0.3) is 0 Å². The van der Waals surface area contributed by atoms with Crippen LogP contribution >= 0.6 is 25.3 Å². The quantitative estimate of drug-likeness (QED) is 0.0277. The second-order valence-corrected chi connectivity index (χ2v) is 21.6. The van der Waals surface area contributed by atoms with Crippen LogP contribution in [0.4, 0.5) is 0 Å². The van der Waals surface area contributed by atoms with E-state index in [1.165, 1.54) is 218 Å². The van der Waals surface area contributed by atoms with Gasteiger partial charge in [0.1, 0.15) is 0 Å². The number of carbonyl (C=O) groups excluding carboxylic acids is 2. The summed E-state index contributed by atoms with van der Waals surface area (Å²) in [5.41, 5.74) is 0. The number of hydrogen-bond donors (Lipinski definition) is 2. The van der Waals surface area contributed by atoms with Crippen LogP contribution in [0.3, 0.4) is 0 Å². The van der Waals surface area contributed by atoms with Gasteiger partial charge in [0, 0.05) is 11.5 Å². The van der Waals surface area contributed by atoms with Gasteiger partial charge >= 0.3 is 81.5 Å². The molecule has 342 valence electrons. The fourth-order valence-electron chi connectivity index (χ4n) is 6.73. The minimum absolute atomic E-state index is 0.106. The standard InChI is InChI=1S/2C21H42O2S.2C4H9.Sn/c2*1-2-3-4-5-6-7-8-9-10-11-12-13-14-15-16-17-19-23-21(22)18-20-24;2*1-3-4-2;/h2*24H,2-20H2,1H3;2*1,3-4H2,2H3;. The van der Waals surface area contributed by atoms with E-state index < -0.39 is 0 Å². The number of carbonyl (C=O) groups is 2. The van der Waals surface area contributed by atoms with Gasteiger partial charge in [-0.15, -0.1) is 0 Å². The third kappa shape index (κ3) is 65.7. The van der Waals surface area contributed by atoms with Crippen molar-refractivity contribution in [2.75, 3.05) is 24.7 Å². The number of thiol groups is 2. The van der Waals surface area contributed by atoms with Gasteiger partial charge in [-0.05, 0) is 12.8 Å². The van der Waals surface area contributed by atoms with E-state index in [2.05, 4.69) is 53.0 Å². The van der Waals surface area contributed by atoms with E-state index in [1.807, 2.05) is 0 Å². The summed E-state index contributed by atoms with van der Waals surface area (Å²) >= 11 is 8.18. The monoisotopic (exact) mass is 951 g/mol. The zero-order chi connectivity index (χ0) is 42.4. The predicted octanol–water partition coefficient (Wildman–Crippen LogP) is 17.3. The first-order valence-corrected chi connectivity index (χ1v) is 30.6. The molecule has 0 heterocycles. The number of ether oxygens (including phenoxy) is 2. The van der Waals surface area contributed by atoms with Gasteiger partial charge in [-0.25, -0.2) is 0 Å². The third-order valence-corrected chi connectivity index (χ3v) is 15.1. The molecule has 57 heavy (non-hydrogen) atoms. The number of esters is 2. The molecule has 0 aliphatic rings. The van der Waals surface area contributed by atoms with Crippen molar-refractivity contribution in [2.45, 2.75) is 281 Å². The maximum absolute atomic E-state index is 11.1. The van der Waals surface area contributed by atoms with Crippen molar-refractivity contribution in [1.29, 1.82) is 0 Å². The molecule has 7 heteroatoms. The normalized spacial score (nSPS) is 10.8. The molecule has 0 saturated carbocycles. The van der Waals surface area contributed by atoms with Crippen molar-refractivity contribution >= 4 is 58.3 Å². The number of rotatable bonds is 44. The summed E-state index contributed by atoms with van der Waals surface area (Å²) < 4.78 is 13.5. The van der Waals surface area contributed by atoms with Crippen LogP contribution in [0.1, 0.15) is 272 Å². The van der Waals surface area contributed by atoms with Crippen LogP contribution in [0.2, 0.25) is 8.87 Å². The molecule has 0 aliphatic carbocycles. The Bertz CT molecular complexity index is 668. The summed E-state index contributed by atoms with van der Waals surface area (Å²) in [5.74, 6) is 0.951. The molecule has 0 atom stereocenters. The minimum atomic E-state index is -0.106. The van der Waals surface area contributed by atoms with Crippen LogP contribution in [-0.2, 0) is 19.1 Å². The fourth-order valence-corrected chi connectivity index (χ4v) is 11.3. The van der Waals surface area contributed by atoms with Gasteiger partial charge in [0.15, 0.2) is 0 Å². The van der Waals surface area contributed by atoms with E-state index in [-0.39, 0.29) is 33.1 Å². The van der Waals surface area contributed by atoms with Gasteiger partial charge in [0.05, 0.1) is 26.1 Å². The van der Waals surface area contributed by atoms with Gasteiger partial charge < -0.3 is 9.47 Å². The average Bonchev–Trinajstić information content (AvgIpc) is 3.21. The first kappa shape index (κ1) is 61.7. The molecule has 0 spiro atoms. The van der Waals surface area contributed by atoms with Crippen LogP contribution < -0.4 is 0 Å². The Labute approximate surface area is 380 Å². The molecule has 0 unspecified atom stereocenters. The Hall–Kier alpha value is 0.439. The van der Waals surface area contributed by atoms with Gasteiger partial charge in [-0.2, -0.15) is 25.3 Å². The molecule has 0 fully saturated rings. The van der Waals surface area contributed by atoms with E-state index in [1.54, 1.807) is 8.87 Å². The molecule has 0 aliphatic heterocycles. The molecule has 0 rings (SSSR count). The van der Waals surface area contributed by atoms with E-state index >= 15 is 0 Å². The second kappa shape index (κ2) is 60.7. The van der Waals surface area contributed by atoms with Gasteiger partial charge in [-0.3, -0.25) is 9.59 Å². The molecule has 0 bridgehead atoms. The van der Waals surface area contributed by atoms with E-state index in [0.717, 1.165) is 12.8 Å². The third-order valence-electron chi connectivity index (χ3n) is 10.6. The van der Waals surface area contributed by atoms with Gasteiger partial charge in [-0.1, -0.05) is 206 Å². The molecule has 2 radical (unpaired) electrons. The van der Waals surface area contributed by atoms with Crippen LogP contribution in [-0.4, -0.2) is 57.8 Å². The van der Waals surface area contributed by atoms with E-state index in [0.29, 0.717) is 37.6 Å².